The van der Waals surface area contributed by atoms with Crippen LogP contribution in [0.3, 0.4) is 0 Å². The van der Waals surface area contributed by atoms with Gasteiger partial charge in [-0.15, -0.1) is 0 Å². The molecule has 0 radical (unpaired) electrons. The van der Waals surface area contributed by atoms with Crippen molar-refractivity contribution in [2.24, 2.45) is 23.2 Å². The number of nitrogens with zero attached hydrogens (tertiary/aromatic N) is 2. The number of carbonyl (C=O) groups is 2. The number of nitrogens with one attached hydrogen (secondary N) is 1. The molecule has 3 aliphatic rings. The van der Waals surface area contributed by atoms with E-state index in [4.69, 9.17) is 18.9 Å². The normalized spacial score (nSPS) is 37.5. The van der Waals surface area contributed by atoms with Crippen molar-refractivity contribution in [3.05, 3.63) is 0 Å². The SMILES string of the molecule is CCCN1C[C@H](C)C[C@@](C)(OC)[C@H](O[C@@H]2O[C@H](C)C[C@H](N(C)C)[C@H]2O)[C@@H](C)C(=O)C(C)(C)C(=O)OC[C@H]1CCCNCC1CC1. The van der Waals surface area contributed by atoms with E-state index in [9.17, 15) is 14.7 Å². The summed E-state index contributed by atoms with van der Waals surface area (Å²) >= 11 is 0. The molecular formula is C35H65N3O7. The van der Waals surface area contributed by atoms with Crippen LogP contribution < -0.4 is 5.32 Å². The van der Waals surface area contributed by atoms with Gasteiger partial charge in [-0.25, -0.2) is 0 Å². The van der Waals surface area contributed by atoms with Crippen molar-refractivity contribution in [2.45, 2.75) is 136 Å². The Hall–Kier alpha value is -1.14. The van der Waals surface area contributed by atoms with Crippen molar-refractivity contribution in [1.82, 2.24) is 15.1 Å². The van der Waals surface area contributed by atoms with Crippen LogP contribution in [-0.2, 0) is 28.5 Å². The fourth-order valence-corrected chi connectivity index (χ4v) is 7.39. The van der Waals surface area contributed by atoms with Crippen LogP contribution in [0.5, 0.6) is 0 Å². The Morgan fingerprint density at radius 3 is 2.42 bits per heavy atom. The van der Waals surface area contributed by atoms with Gasteiger partial charge < -0.3 is 34.3 Å². The second-order valence-electron chi connectivity index (χ2n) is 15.3. The Morgan fingerprint density at radius 1 is 1.13 bits per heavy atom. The lowest BCUT2D eigenvalue weighted by Crippen LogP contribution is -2.59. The topological polar surface area (TPSA) is 110 Å². The van der Waals surface area contributed by atoms with Crippen LogP contribution in [0.4, 0.5) is 0 Å². The van der Waals surface area contributed by atoms with Crippen LogP contribution >= 0.6 is 0 Å². The van der Waals surface area contributed by atoms with E-state index in [1.54, 1.807) is 27.9 Å². The highest BCUT2D eigenvalue weighted by Crippen LogP contribution is 2.38. The fourth-order valence-electron chi connectivity index (χ4n) is 7.39. The second kappa shape index (κ2) is 16.8. The predicted octanol–water partition coefficient (Wildman–Crippen LogP) is 3.88. The molecule has 2 saturated heterocycles. The van der Waals surface area contributed by atoms with Gasteiger partial charge in [0, 0.05) is 31.7 Å². The number of rotatable bonds is 12. The van der Waals surface area contributed by atoms with E-state index >= 15 is 0 Å². The molecule has 10 nitrogen and oxygen atoms in total. The maximum absolute atomic E-state index is 14.2. The van der Waals surface area contributed by atoms with E-state index in [-0.39, 0.29) is 36.5 Å². The van der Waals surface area contributed by atoms with Crippen LogP contribution in [0.15, 0.2) is 0 Å². The van der Waals surface area contributed by atoms with Crippen molar-refractivity contribution in [1.29, 1.82) is 0 Å². The summed E-state index contributed by atoms with van der Waals surface area (Å²) in [6.45, 7) is 17.4. The average molecular weight is 640 g/mol. The van der Waals surface area contributed by atoms with E-state index in [1.807, 2.05) is 32.8 Å². The lowest BCUT2D eigenvalue weighted by atomic mass is 9.74. The van der Waals surface area contributed by atoms with Gasteiger partial charge in [0.15, 0.2) is 12.1 Å². The zero-order valence-electron chi connectivity index (χ0n) is 30.0. The van der Waals surface area contributed by atoms with Gasteiger partial charge in [-0.2, -0.15) is 0 Å². The van der Waals surface area contributed by atoms with Crippen molar-refractivity contribution in [3.8, 4) is 0 Å². The Labute approximate surface area is 273 Å². The molecule has 262 valence electrons. The van der Waals surface area contributed by atoms with Crippen molar-refractivity contribution < 1.29 is 33.6 Å². The van der Waals surface area contributed by atoms with Gasteiger partial charge in [0.05, 0.1) is 17.8 Å². The van der Waals surface area contributed by atoms with Gasteiger partial charge in [-0.3, -0.25) is 14.5 Å². The summed E-state index contributed by atoms with van der Waals surface area (Å²) in [5, 5.41) is 14.9. The summed E-state index contributed by atoms with van der Waals surface area (Å²) in [6.07, 6.45) is 4.01. The van der Waals surface area contributed by atoms with E-state index in [1.165, 1.54) is 12.8 Å². The van der Waals surface area contributed by atoms with Crippen LogP contribution in [-0.4, -0.2) is 123 Å². The Kier molecular flexibility index (Phi) is 14.3. The molecule has 10 heteroatoms. The van der Waals surface area contributed by atoms with Gasteiger partial charge in [0.1, 0.15) is 18.1 Å². The zero-order valence-corrected chi connectivity index (χ0v) is 30.0. The lowest BCUT2D eigenvalue weighted by molar-refractivity contribution is -0.295. The quantitative estimate of drug-likeness (QED) is 0.186. The first-order valence-electron chi connectivity index (χ1n) is 17.5. The molecule has 0 amide bonds. The summed E-state index contributed by atoms with van der Waals surface area (Å²) in [6, 6.07) is -0.110. The van der Waals surface area contributed by atoms with Crippen LogP contribution in [0, 0.1) is 23.2 Å². The van der Waals surface area contributed by atoms with Gasteiger partial charge in [0.25, 0.3) is 0 Å². The lowest BCUT2D eigenvalue weighted by Gasteiger charge is -2.47. The molecule has 2 aliphatic heterocycles. The average Bonchev–Trinajstić information content (AvgIpc) is 3.81. The van der Waals surface area contributed by atoms with Crippen molar-refractivity contribution in [3.63, 3.8) is 0 Å². The smallest absolute Gasteiger partial charge is 0.319 e. The molecule has 2 heterocycles. The minimum Gasteiger partial charge on any atom is -0.463 e. The second-order valence-corrected chi connectivity index (χ2v) is 15.3. The van der Waals surface area contributed by atoms with E-state index in [2.05, 4.69) is 24.1 Å². The van der Waals surface area contributed by atoms with Crippen LogP contribution in [0.2, 0.25) is 0 Å². The maximum Gasteiger partial charge on any atom is 0.319 e. The van der Waals surface area contributed by atoms with E-state index in [0.717, 1.165) is 51.4 Å². The summed E-state index contributed by atoms with van der Waals surface area (Å²) in [7, 11) is 5.52. The number of likely N-dealkylation sites (N-methyl/N-ethyl adjacent to an activating group) is 1. The highest BCUT2D eigenvalue weighted by Gasteiger charge is 2.51. The standard InChI is InChI=1S/C35H65N3O7/c1-11-17-38-21-23(2)19-35(7,42-10)31(45-32-29(39)28(37(8)9)18-24(3)44-32)25(4)30(40)34(5,6)33(41)43-22-27(38)13-12-16-36-20-26-14-15-26/h23-29,31-32,36,39H,11-22H2,1-10H3/t23-,24-,25+,27-,28+,29-,31-,32+,35-/m1/s1. The van der Waals surface area contributed by atoms with Crippen LogP contribution in [0.25, 0.3) is 0 Å². The first-order chi connectivity index (χ1) is 21.1. The number of cyclic esters (lactones) is 1. The number of aliphatic hydroxyl groups is 1. The molecule has 9 atom stereocenters. The number of methoxy groups -OCH3 is 1. The number of hydrogen-bond donors (Lipinski definition) is 2. The summed E-state index contributed by atoms with van der Waals surface area (Å²) in [5.74, 6) is -0.518. The van der Waals surface area contributed by atoms with Gasteiger partial charge >= 0.3 is 5.97 Å². The number of Topliss-reactive ketones (excluding diaryl/α,β-unsaturated/α-hetero) is 1. The number of carbonyl (C=O) groups excluding carboxylic acids is 2. The minimum absolute atomic E-state index is 0.0549. The molecule has 1 aliphatic carbocycles. The number of ether oxygens (including phenoxy) is 4. The van der Waals surface area contributed by atoms with Crippen molar-refractivity contribution in [2.75, 3.05) is 54.0 Å². The molecule has 45 heavy (non-hydrogen) atoms. The molecule has 0 aromatic heterocycles. The molecule has 0 bridgehead atoms. The predicted molar refractivity (Wildman–Crippen MR) is 176 cm³/mol. The third-order valence-electron chi connectivity index (χ3n) is 10.4. The molecule has 3 rings (SSSR count). The highest BCUT2D eigenvalue weighted by atomic mass is 16.7. The minimum atomic E-state index is -1.40. The summed E-state index contributed by atoms with van der Waals surface area (Å²) in [5.41, 5.74) is -2.30. The fraction of sp³-hybridized carbons (Fsp3) is 0.943. The Balaban J connectivity index is 1.92. The van der Waals surface area contributed by atoms with Gasteiger partial charge in [-0.05, 0) is 118 Å². The molecule has 3 fully saturated rings. The first-order valence-corrected chi connectivity index (χ1v) is 17.5. The summed E-state index contributed by atoms with van der Waals surface area (Å²) < 4.78 is 25.1. The molecule has 0 spiro atoms. The maximum atomic E-state index is 14.2. The number of hydrogen-bond acceptors (Lipinski definition) is 10. The Morgan fingerprint density at radius 2 is 1.82 bits per heavy atom. The van der Waals surface area contributed by atoms with Gasteiger partial charge in [-0.1, -0.05) is 20.8 Å². The number of ketones is 1. The molecule has 0 aromatic carbocycles. The molecule has 0 unspecified atom stereocenters. The van der Waals surface area contributed by atoms with E-state index in [0.29, 0.717) is 12.8 Å². The number of esters is 1. The zero-order chi connectivity index (χ0) is 33.5. The Bertz CT molecular complexity index is 944. The molecule has 1 saturated carbocycles. The van der Waals surface area contributed by atoms with Gasteiger partial charge in [0.2, 0.25) is 0 Å². The van der Waals surface area contributed by atoms with Crippen LogP contribution in [0.1, 0.15) is 93.4 Å². The number of aliphatic hydroxyl groups excluding tert-OH is 1. The van der Waals surface area contributed by atoms with E-state index < -0.39 is 41.4 Å². The third-order valence-corrected chi connectivity index (χ3v) is 10.4. The monoisotopic (exact) mass is 639 g/mol. The molecular weight excluding hydrogens is 574 g/mol. The highest BCUT2D eigenvalue weighted by molar-refractivity contribution is 6.04. The first kappa shape index (κ1) is 38.3. The molecule has 2 N–H and O–H groups in total. The van der Waals surface area contributed by atoms with Crippen molar-refractivity contribution >= 4 is 11.8 Å². The third kappa shape index (κ3) is 10.2. The molecule has 0 aromatic rings. The summed E-state index contributed by atoms with van der Waals surface area (Å²) in [4.78, 5) is 32.3. The largest absolute Gasteiger partial charge is 0.463 e.